The first-order valence-electron chi connectivity index (χ1n) is 10.4. The molecule has 4 heterocycles. The fourth-order valence-electron chi connectivity index (χ4n) is 4.43. The van der Waals surface area contributed by atoms with Gasteiger partial charge < -0.3 is 8.98 Å². The van der Waals surface area contributed by atoms with E-state index in [4.69, 9.17) is 4.42 Å². The Morgan fingerprint density at radius 1 is 0.929 bits per heavy atom. The van der Waals surface area contributed by atoms with Crippen LogP contribution < -0.4 is 0 Å². The molecule has 0 saturated carbocycles. The highest BCUT2D eigenvalue weighted by Gasteiger charge is 2.28. The lowest BCUT2D eigenvalue weighted by molar-refractivity contribution is 0.179. The number of piperidine rings is 1. The number of benzene rings is 1. The maximum atomic E-state index is 5.91. The van der Waals surface area contributed by atoms with Crippen LogP contribution in [0.5, 0.6) is 0 Å². The zero-order valence-electron chi connectivity index (χ0n) is 16.1. The fraction of sp³-hybridized carbons (Fsp3) is 0.524. The predicted molar refractivity (Wildman–Crippen MR) is 105 cm³/mol. The molecule has 7 heteroatoms. The molecule has 28 heavy (non-hydrogen) atoms. The summed E-state index contributed by atoms with van der Waals surface area (Å²) >= 11 is 0. The fourth-order valence-corrected chi connectivity index (χ4v) is 4.43. The molecule has 1 unspecified atom stereocenters. The molecule has 2 aliphatic heterocycles. The van der Waals surface area contributed by atoms with E-state index in [9.17, 15) is 0 Å². The average molecular weight is 378 g/mol. The third-order valence-electron chi connectivity index (χ3n) is 5.86. The first kappa shape index (κ1) is 17.6. The highest BCUT2D eigenvalue weighted by atomic mass is 16.4. The summed E-state index contributed by atoms with van der Waals surface area (Å²) in [5.74, 6) is 4.06. The van der Waals surface area contributed by atoms with Crippen molar-refractivity contribution in [2.24, 2.45) is 0 Å². The Hall–Kier alpha value is -2.54. The summed E-state index contributed by atoms with van der Waals surface area (Å²) < 4.78 is 8.30. The van der Waals surface area contributed by atoms with Gasteiger partial charge in [0.1, 0.15) is 11.6 Å². The van der Waals surface area contributed by atoms with Crippen LogP contribution in [-0.2, 0) is 19.5 Å². The molecule has 1 fully saturated rings. The molecule has 0 spiro atoms. The second kappa shape index (κ2) is 7.83. The van der Waals surface area contributed by atoms with Gasteiger partial charge in [0, 0.05) is 31.0 Å². The largest absolute Gasteiger partial charge is 0.419 e. The number of aromatic nitrogens is 5. The van der Waals surface area contributed by atoms with E-state index in [1.807, 2.05) is 30.3 Å². The second-order valence-electron chi connectivity index (χ2n) is 7.88. The number of fused-ring (bicyclic) bond motifs is 1. The zero-order valence-corrected chi connectivity index (χ0v) is 16.1. The minimum Gasteiger partial charge on any atom is -0.419 e. The van der Waals surface area contributed by atoms with E-state index < -0.39 is 0 Å². The van der Waals surface area contributed by atoms with Gasteiger partial charge in [-0.25, -0.2) is 0 Å². The van der Waals surface area contributed by atoms with Crippen LogP contribution in [0.4, 0.5) is 0 Å². The highest BCUT2D eigenvalue weighted by molar-refractivity contribution is 5.51. The lowest BCUT2D eigenvalue weighted by atomic mass is 9.97. The highest BCUT2D eigenvalue weighted by Crippen LogP contribution is 2.29. The quantitative estimate of drug-likeness (QED) is 0.692. The Labute approximate surface area is 164 Å². The first-order valence-corrected chi connectivity index (χ1v) is 10.4. The number of aryl methyl sites for hydroxylation is 1. The van der Waals surface area contributed by atoms with Gasteiger partial charge in [-0.05, 0) is 44.4 Å². The lowest BCUT2D eigenvalue weighted by Gasteiger charge is -2.31. The first-order chi connectivity index (χ1) is 13.9. The van der Waals surface area contributed by atoms with Gasteiger partial charge in [0.15, 0.2) is 0 Å². The minimum atomic E-state index is 0.435. The SMILES string of the molecule is c1ccc(-c2nnc(CN3CCCC(c4nnc5n4CCCCC5)C3)o2)cc1. The van der Waals surface area contributed by atoms with Gasteiger partial charge in [-0.2, -0.15) is 0 Å². The van der Waals surface area contributed by atoms with E-state index in [1.165, 1.54) is 37.3 Å². The molecule has 1 saturated heterocycles. The van der Waals surface area contributed by atoms with Crippen molar-refractivity contribution in [1.29, 1.82) is 0 Å². The van der Waals surface area contributed by atoms with Gasteiger partial charge in [-0.1, -0.05) is 24.6 Å². The molecule has 0 N–H and O–H groups in total. The van der Waals surface area contributed by atoms with E-state index in [0.717, 1.165) is 38.0 Å². The number of likely N-dealkylation sites (tertiary alicyclic amines) is 1. The van der Waals surface area contributed by atoms with E-state index >= 15 is 0 Å². The topological polar surface area (TPSA) is 72.9 Å². The van der Waals surface area contributed by atoms with Crippen molar-refractivity contribution in [2.45, 2.75) is 57.5 Å². The van der Waals surface area contributed by atoms with Crippen LogP contribution in [0.2, 0.25) is 0 Å². The van der Waals surface area contributed by atoms with Crippen molar-refractivity contribution in [2.75, 3.05) is 13.1 Å². The predicted octanol–water partition coefficient (Wildman–Crippen LogP) is 3.43. The summed E-state index contributed by atoms with van der Waals surface area (Å²) in [6, 6.07) is 9.93. The van der Waals surface area contributed by atoms with Crippen molar-refractivity contribution in [3.63, 3.8) is 0 Å². The molecule has 146 valence electrons. The van der Waals surface area contributed by atoms with Crippen LogP contribution in [0.25, 0.3) is 11.5 Å². The molecule has 0 radical (unpaired) electrons. The Morgan fingerprint density at radius 2 is 1.86 bits per heavy atom. The van der Waals surface area contributed by atoms with Crippen LogP contribution in [0.15, 0.2) is 34.7 Å². The summed E-state index contributed by atoms with van der Waals surface area (Å²) in [6.45, 7) is 3.79. The van der Waals surface area contributed by atoms with Crippen LogP contribution >= 0.6 is 0 Å². The summed E-state index contributed by atoms with van der Waals surface area (Å²) in [4.78, 5) is 2.41. The number of hydrogen-bond donors (Lipinski definition) is 0. The standard InChI is InChI=1S/C21H26N6O/c1-3-8-16(9-4-1)21-25-23-19(28-21)15-26-12-7-10-17(14-26)20-24-22-18-11-5-2-6-13-27(18)20/h1,3-4,8-9,17H,2,5-7,10-15H2. The Kier molecular flexibility index (Phi) is 4.91. The van der Waals surface area contributed by atoms with Gasteiger partial charge in [0.2, 0.25) is 11.8 Å². The zero-order chi connectivity index (χ0) is 18.8. The molecule has 2 aromatic heterocycles. The summed E-state index contributed by atoms with van der Waals surface area (Å²) in [5.41, 5.74) is 0.962. The molecule has 5 rings (SSSR count). The molecule has 3 aromatic rings. The van der Waals surface area contributed by atoms with Crippen molar-refractivity contribution in [3.8, 4) is 11.5 Å². The van der Waals surface area contributed by atoms with Gasteiger partial charge in [-0.15, -0.1) is 20.4 Å². The number of hydrogen-bond acceptors (Lipinski definition) is 6. The summed E-state index contributed by atoms with van der Waals surface area (Å²) in [7, 11) is 0. The van der Waals surface area contributed by atoms with Crippen LogP contribution in [0.1, 0.15) is 55.6 Å². The van der Waals surface area contributed by atoms with E-state index in [0.29, 0.717) is 24.2 Å². The van der Waals surface area contributed by atoms with Crippen molar-refractivity contribution < 1.29 is 4.42 Å². The van der Waals surface area contributed by atoms with Gasteiger partial charge in [-0.3, -0.25) is 4.90 Å². The van der Waals surface area contributed by atoms with E-state index in [1.54, 1.807) is 0 Å². The number of nitrogens with zero attached hydrogens (tertiary/aromatic N) is 6. The molecule has 1 aromatic carbocycles. The average Bonchev–Trinajstić information content (AvgIpc) is 3.30. The van der Waals surface area contributed by atoms with Gasteiger partial charge >= 0.3 is 0 Å². The molecule has 2 aliphatic rings. The van der Waals surface area contributed by atoms with Gasteiger partial charge in [0.05, 0.1) is 6.54 Å². The van der Waals surface area contributed by atoms with Crippen molar-refractivity contribution in [3.05, 3.63) is 47.9 Å². The molecule has 0 amide bonds. The molecule has 7 nitrogen and oxygen atoms in total. The summed E-state index contributed by atoms with van der Waals surface area (Å²) in [5, 5.41) is 17.6. The Bertz CT molecular complexity index is 918. The molecular formula is C21H26N6O. The Morgan fingerprint density at radius 3 is 2.79 bits per heavy atom. The van der Waals surface area contributed by atoms with Crippen LogP contribution in [-0.4, -0.2) is 43.0 Å². The second-order valence-corrected chi connectivity index (χ2v) is 7.88. The van der Waals surface area contributed by atoms with Crippen LogP contribution in [0.3, 0.4) is 0 Å². The smallest absolute Gasteiger partial charge is 0.247 e. The number of rotatable bonds is 4. The van der Waals surface area contributed by atoms with E-state index in [2.05, 4.69) is 29.9 Å². The molecule has 1 atom stereocenters. The van der Waals surface area contributed by atoms with Crippen molar-refractivity contribution >= 4 is 0 Å². The maximum Gasteiger partial charge on any atom is 0.247 e. The Balaban J connectivity index is 1.28. The van der Waals surface area contributed by atoms with Crippen LogP contribution in [0, 0.1) is 0 Å². The minimum absolute atomic E-state index is 0.435. The molecule has 0 aliphatic carbocycles. The molecular weight excluding hydrogens is 352 g/mol. The summed E-state index contributed by atoms with van der Waals surface area (Å²) in [6.07, 6.45) is 7.16. The maximum absolute atomic E-state index is 5.91. The third-order valence-corrected chi connectivity index (χ3v) is 5.86. The monoisotopic (exact) mass is 378 g/mol. The van der Waals surface area contributed by atoms with Crippen molar-refractivity contribution in [1.82, 2.24) is 29.9 Å². The molecule has 0 bridgehead atoms. The van der Waals surface area contributed by atoms with E-state index in [-0.39, 0.29) is 0 Å². The lowest BCUT2D eigenvalue weighted by Crippen LogP contribution is -2.35. The van der Waals surface area contributed by atoms with Gasteiger partial charge in [0.25, 0.3) is 0 Å². The third kappa shape index (κ3) is 3.58. The normalized spacial score (nSPS) is 20.6.